The number of nitrogens with zero attached hydrogens (tertiary/aromatic N) is 1. The van der Waals surface area contributed by atoms with Gasteiger partial charge < -0.3 is 20.1 Å². The summed E-state index contributed by atoms with van der Waals surface area (Å²) in [5.74, 6) is -2.32. The number of amides is 2. The first-order valence-corrected chi connectivity index (χ1v) is 8.63. The molecule has 28 heavy (non-hydrogen) atoms. The van der Waals surface area contributed by atoms with Crippen molar-refractivity contribution in [2.75, 3.05) is 23.9 Å². The van der Waals surface area contributed by atoms with Gasteiger partial charge in [0.2, 0.25) is 11.8 Å². The lowest BCUT2D eigenvalue weighted by molar-refractivity contribution is -0.136. The molecule has 2 amide bonds. The number of methoxy groups -OCH3 is 1. The highest BCUT2D eigenvalue weighted by Crippen LogP contribution is 2.27. The van der Waals surface area contributed by atoms with E-state index < -0.39 is 30.0 Å². The summed E-state index contributed by atoms with van der Waals surface area (Å²) in [5.41, 5.74) is 0.921. The quantitative estimate of drug-likeness (QED) is 0.795. The highest BCUT2D eigenvalue weighted by atomic mass is 19.1. The van der Waals surface area contributed by atoms with Gasteiger partial charge in [-0.15, -0.1) is 0 Å². The fraction of sp³-hybridized carbons (Fsp3) is 0.250. The molecule has 1 unspecified atom stereocenters. The molecule has 1 heterocycles. The first-order valence-electron chi connectivity index (χ1n) is 8.63. The number of carbonyl (C=O) groups excluding carboxylic acids is 2. The van der Waals surface area contributed by atoms with Crippen LogP contribution in [-0.2, 0) is 20.8 Å². The van der Waals surface area contributed by atoms with Crippen LogP contribution in [0.4, 0.5) is 15.8 Å². The van der Waals surface area contributed by atoms with E-state index in [1.165, 1.54) is 17.0 Å². The predicted molar refractivity (Wildman–Crippen MR) is 99.8 cm³/mol. The van der Waals surface area contributed by atoms with Gasteiger partial charge in [0.25, 0.3) is 0 Å². The standard InChI is InChI=1S/C20H19FN2O5/c1-28-16-6-4-15(5-7-16)23-11-13(8-18(23)24)20(27)22-14-3-2-12(9-19(25)26)17(21)10-14/h2-7,10,13H,8-9,11H2,1H3,(H,22,27)(H,25,26). The van der Waals surface area contributed by atoms with Gasteiger partial charge in [-0.25, -0.2) is 4.39 Å². The summed E-state index contributed by atoms with van der Waals surface area (Å²) in [6.07, 6.45) is -0.383. The van der Waals surface area contributed by atoms with Crippen LogP contribution < -0.4 is 15.0 Å². The topological polar surface area (TPSA) is 95.9 Å². The molecule has 2 aromatic rings. The zero-order valence-corrected chi connectivity index (χ0v) is 15.1. The lowest BCUT2D eigenvalue weighted by Crippen LogP contribution is -2.28. The van der Waals surface area contributed by atoms with Crippen LogP contribution in [0.25, 0.3) is 0 Å². The highest BCUT2D eigenvalue weighted by molar-refractivity contribution is 6.03. The van der Waals surface area contributed by atoms with E-state index in [-0.39, 0.29) is 30.1 Å². The van der Waals surface area contributed by atoms with Crippen molar-refractivity contribution in [1.82, 2.24) is 0 Å². The van der Waals surface area contributed by atoms with Crippen molar-refractivity contribution < 1.29 is 28.6 Å². The van der Waals surface area contributed by atoms with Gasteiger partial charge in [-0.05, 0) is 42.0 Å². The number of benzene rings is 2. The SMILES string of the molecule is COc1ccc(N2CC(C(=O)Nc3ccc(CC(=O)O)c(F)c3)CC2=O)cc1. The second kappa shape index (κ2) is 8.08. The Balaban J connectivity index is 1.66. The van der Waals surface area contributed by atoms with Crippen LogP contribution in [-0.4, -0.2) is 36.5 Å². The Kier molecular flexibility index (Phi) is 5.58. The molecule has 0 aliphatic carbocycles. The normalized spacial score (nSPS) is 16.1. The summed E-state index contributed by atoms with van der Waals surface area (Å²) in [6, 6.07) is 10.8. The number of hydrogen-bond acceptors (Lipinski definition) is 4. The second-order valence-corrected chi connectivity index (χ2v) is 6.47. The van der Waals surface area contributed by atoms with E-state index in [1.54, 1.807) is 31.4 Å². The third-order valence-corrected chi connectivity index (χ3v) is 4.54. The van der Waals surface area contributed by atoms with Crippen molar-refractivity contribution in [1.29, 1.82) is 0 Å². The first kappa shape index (κ1) is 19.3. The lowest BCUT2D eigenvalue weighted by atomic mass is 10.1. The number of carboxylic acid groups (broad SMARTS) is 1. The van der Waals surface area contributed by atoms with E-state index in [4.69, 9.17) is 9.84 Å². The molecule has 1 aliphatic heterocycles. The van der Waals surface area contributed by atoms with Crippen LogP contribution in [0.5, 0.6) is 5.75 Å². The first-order chi connectivity index (χ1) is 13.4. The molecule has 0 saturated carbocycles. The monoisotopic (exact) mass is 386 g/mol. The minimum absolute atomic E-state index is 0.0345. The molecule has 146 valence electrons. The Bertz CT molecular complexity index is 913. The van der Waals surface area contributed by atoms with Gasteiger partial charge in [-0.3, -0.25) is 14.4 Å². The average molecular weight is 386 g/mol. The van der Waals surface area contributed by atoms with Crippen molar-refractivity contribution >= 4 is 29.2 Å². The largest absolute Gasteiger partial charge is 0.497 e. The number of aliphatic carboxylic acids is 1. The van der Waals surface area contributed by atoms with Gasteiger partial charge in [0.15, 0.2) is 0 Å². The van der Waals surface area contributed by atoms with Crippen molar-refractivity contribution in [3.05, 3.63) is 53.8 Å². The molecule has 2 N–H and O–H groups in total. The average Bonchev–Trinajstić information content (AvgIpc) is 3.05. The Morgan fingerprint density at radius 1 is 1.25 bits per heavy atom. The fourth-order valence-electron chi connectivity index (χ4n) is 3.07. The van der Waals surface area contributed by atoms with Crippen molar-refractivity contribution in [2.45, 2.75) is 12.8 Å². The zero-order valence-electron chi connectivity index (χ0n) is 15.1. The molecule has 8 heteroatoms. The molecule has 7 nitrogen and oxygen atoms in total. The Morgan fingerprint density at radius 2 is 1.96 bits per heavy atom. The molecule has 1 aliphatic rings. The number of nitrogens with one attached hydrogen (secondary N) is 1. The number of rotatable bonds is 6. The molecule has 2 aromatic carbocycles. The maximum Gasteiger partial charge on any atom is 0.307 e. The summed E-state index contributed by atoms with van der Waals surface area (Å²) in [4.78, 5) is 37.0. The van der Waals surface area contributed by atoms with Gasteiger partial charge in [0.05, 0.1) is 19.4 Å². The maximum atomic E-state index is 14.0. The van der Waals surface area contributed by atoms with Crippen molar-refractivity contribution in [2.24, 2.45) is 5.92 Å². The second-order valence-electron chi connectivity index (χ2n) is 6.47. The van der Waals surface area contributed by atoms with E-state index in [0.29, 0.717) is 11.4 Å². The predicted octanol–water partition coefficient (Wildman–Crippen LogP) is 2.45. The molecule has 3 rings (SSSR count). The minimum atomic E-state index is -1.14. The molecule has 0 spiro atoms. The van der Waals surface area contributed by atoms with Gasteiger partial charge in [-0.2, -0.15) is 0 Å². The summed E-state index contributed by atoms with van der Waals surface area (Å²) < 4.78 is 19.1. The van der Waals surface area contributed by atoms with E-state index in [0.717, 1.165) is 6.07 Å². The Morgan fingerprint density at radius 3 is 2.57 bits per heavy atom. The molecule has 0 aromatic heterocycles. The van der Waals surface area contributed by atoms with Gasteiger partial charge >= 0.3 is 5.97 Å². The summed E-state index contributed by atoms with van der Waals surface area (Å²) in [7, 11) is 1.55. The fourth-order valence-corrected chi connectivity index (χ4v) is 3.07. The lowest BCUT2D eigenvalue weighted by Gasteiger charge is -2.17. The van der Waals surface area contributed by atoms with Crippen LogP contribution in [0, 0.1) is 11.7 Å². The van der Waals surface area contributed by atoms with Crippen LogP contribution in [0.3, 0.4) is 0 Å². The number of carboxylic acids is 1. The van der Waals surface area contributed by atoms with E-state index in [2.05, 4.69) is 5.32 Å². The van der Waals surface area contributed by atoms with Crippen molar-refractivity contribution in [3.63, 3.8) is 0 Å². The van der Waals surface area contributed by atoms with E-state index >= 15 is 0 Å². The van der Waals surface area contributed by atoms with Crippen LogP contribution in [0.15, 0.2) is 42.5 Å². The maximum absolute atomic E-state index is 14.0. The number of ether oxygens (including phenoxy) is 1. The number of anilines is 2. The molecule has 1 atom stereocenters. The molecule has 0 bridgehead atoms. The highest BCUT2D eigenvalue weighted by Gasteiger charge is 2.35. The number of carbonyl (C=O) groups is 3. The summed E-state index contributed by atoms with van der Waals surface area (Å²) in [5, 5.41) is 11.3. The minimum Gasteiger partial charge on any atom is -0.497 e. The summed E-state index contributed by atoms with van der Waals surface area (Å²) >= 11 is 0. The van der Waals surface area contributed by atoms with Crippen molar-refractivity contribution in [3.8, 4) is 5.75 Å². The van der Waals surface area contributed by atoms with Crippen LogP contribution in [0.1, 0.15) is 12.0 Å². The number of halogens is 1. The Labute approximate surface area is 160 Å². The third-order valence-electron chi connectivity index (χ3n) is 4.54. The number of hydrogen-bond donors (Lipinski definition) is 2. The van der Waals surface area contributed by atoms with E-state index in [1.807, 2.05) is 0 Å². The summed E-state index contributed by atoms with van der Waals surface area (Å²) in [6.45, 7) is 0.219. The van der Waals surface area contributed by atoms with Gasteiger partial charge in [-0.1, -0.05) is 6.07 Å². The van der Waals surface area contributed by atoms with E-state index in [9.17, 15) is 18.8 Å². The van der Waals surface area contributed by atoms with Gasteiger partial charge in [0.1, 0.15) is 11.6 Å². The van der Waals surface area contributed by atoms with Gasteiger partial charge in [0, 0.05) is 24.3 Å². The molecule has 1 fully saturated rings. The molecular formula is C20H19FN2O5. The Hall–Kier alpha value is -3.42. The molecule has 1 saturated heterocycles. The van der Waals surface area contributed by atoms with Crippen LogP contribution >= 0.6 is 0 Å². The van der Waals surface area contributed by atoms with Crippen LogP contribution in [0.2, 0.25) is 0 Å². The smallest absolute Gasteiger partial charge is 0.307 e. The third kappa shape index (κ3) is 4.28. The molecule has 0 radical (unpaired) electrons. The molecular weight excluding hydrogens is 367 g/mol. The zero-order chi connectivity index (χ0) is 20.3.